The van der Waals surface area contributed by atoms with E-state index in [9.17, 15) is 8.42 Å². The maximum Gasteiger partial charge on any atom is 0.282 e. The SMILES string of the molecule is O=S(=O)(N1CC2CCC(C1)O2)N1CCCCC1CCl. The molecule has 0 radical (unpaired) electrons. The first kappa shape index (κ1) is 14.1. The van der Waals surface area contributed by atoms with E-state index in [0.29, 0.717) is 25.5 Å². The van der Waals surface area contributed by atoms with E-state index < -0.39 is 10.2 Å². The van der Waals surface area contributed by atoms with E-state index in [4.69, 9.17) is 16.3 Å². The van der Waals surface area contributed by atoms with Gasteiger partial charge >= 0.3 is 0 Å². The molecule has 3 saturated heterocycles. The molecule has 0 saturated carbocycles. The molecule has 0 aromatic rings. The molecule has 3 atom stereocenters. The van der Waals surface area contributed by atoms with Gasteiger partial charge in [0.05, 0.1) is 12.2 Å². The molecule has 3 rings (SSSR count). The maximum atomic E-state index is 12.8. The van der Waals surface area contributed by atoms with E-state index >= 15 is 0 Å². The van der Waals surface area contributed by atoms with Crippen molar-refractivity contribution in [2.24, 2.45) is 0 Å². The van der Waals surface area contributed by atoms with Gasteiger partial charge in [0.1, 0.15) is 0 Å². The minimum absolute atomic E-state index is 0.0408. The van der Waals surface area contributed by atoms with Crippen LogP contribution in [0.1, 0.15) is 32.1 Å². The van der Waals surface area contributed by atoms with Crippen LogP contribution in [-0.2, 0) is 14.9 Å². The Bertz CT molecular complexity index is 419. The van der Waals surface area contributed by atoms with Crippen LogP contribution in [0.5, 0.6) is 0 Å². The third kappa shape index (κ3) is 2.65. The highest BCUT2D eigenvalue weighted by Gasteiger charge is 2.43. The zero-order valence-corrected chi connectivity index (χ0v) is 12.6. The largest absolute Gasteiger partial charge is 0.372 e. The van der Waals surface area contributed by atoms with Crippen molar-refractivity contribution >= 4 is 21.8 Å². The summed E-state index contributed by atoms with van der Waals surface area (Å²) in [5, 5.41) is 0. The molecule has 2 bridgehead atoms. The predicted octanol–water partition coefficient (Wildman–Crippen LogP) is 1.19. The minimum atomic E-state index is -3.37. The molecule has 7 heteroatoms. The third-order valence-electron chi connectivity index (χ3n) is 4.38. The molecule has 3 heterocycles. The first-order valence-electron chi connectivity index (χ1n) is 7.09. The quantitative estimate of drug-likeness (QED) is 0.736. The number of alkyl halides is 1. The number of hydrogen-bond acceptors (Lipinski definition) is 3. The number of ether oxygens (including phenoxy) is 1. The van der Waals surface area contributed by atoms with E-state index in [1.54, 1.807) is 8.61 Å². The van der Waals surface area contributed by atoms with Gasteiger partial charge in [0.2, 0.25) is 0 Å². The Balaban J connectivity index is 1.77. The molecule has 0 spiro atoms. The number of halogens is 1. The summed E-state index contributed by atoms with van der Waals surface area (Å²) < 4.78 is 34.5. The Labute approximate surface area is 120 Å². The van der Waals surface area contributed by atoms with Crippen LogP contribution in [0.2, 0.25) is 0 Å². The molecule has 0 amide bonds. The second-order valence-corrected chi connectivity index (χ2v) is 7.89. The summed E-state index contributed by atoms with van der Waals surface area (Å²) in [7, 11) is -3.37. The van der Waals surface area contributed by atoms with Gasteiger partial charge in [-0.2, -0.15) is 17.0 Å². The van der Waals surface area contributed by atoms with Crippen LogP contribution in [0.4, 0.5) is 0 Å². The van der Waals surface area contributed by atoms with Gasteiger partial charge in [0, 0.05) is 31.6 Å². The molecular formula is C12H21ClN2O3S. The molecule has 19 heavy (non-hydrogen) atoms. The highest BCUT2D eigenvalue weighted by molar-refractivity contribution is 7.86. The number of piperidine rings is 1. The highest BCUT2D eigenvalue weighted by Crippen LogP contribution is 2.31. The summed E-state index contributed by atoms with van der Waals surface area (Å²) in [6.07, 6.45) is 5.02. The van der Waals surface area contributed by atoms with Crippen molar-refractivity contribution in [2.45, 2.75) is 50.4 Å². The average molecular weight is 309 g/mol. The summed E-state index contributed by atoms with van der Waals surface area (Å²) in [5.41, 5.74) is 0. The number of hydrogen-bond donors (Lipinski definition) is 0. The minimum Gasteiger partial charge on any atom is -0.372 e. The molecular weight excluding hydrogens is 288 g/mol. The summed E-state index contributed by atoms with van der Waals surface area (Å²) in [5.74, 6) is 0.385. The van der Waals surface area contributed by atoms with E-state index in [0.717, 1.165) is 32.1 Å². The second-order valence-electron chi connectivity index (χ2n) is 5.70. The predicted molar refractivity (Wildman–Crippen MR) is 73.5 cm³/mol. The van der Waals surface area contributed by atoms with Crippen LogP contribution in [0.15, 0.2) is 0 Å². The fourth-order valence-corrected chi connectivity index (χ4v) is 5.67. The molecule has 3 aliphatic heterocycles. The lowest BCUT2D eigenvalue weighted by atomic mass is 10.1. The molecule has 5 nitrogen and oxygen atoms in total. The van der Waals surface area contributed by atoms with E-state index in [1.165, 1.54) is 0 Å². The molecule has 0 aromatic carbocycles. The Morgan fingerprint density at radius 2 is 1.79 bits per heavy atom. The summed E-state index contributed by atoms with van der Waals surface area (Å²) in [6, 6.07) is -0.0408. The van der Waals surface area contributed by atoms with Gasteiger partial charge in [0.15, 0.2) is 0 Å². The lowest BCUT2D eigenvalue weighted by molar-refractivity contribution is -0.0137. The molecule has 0 aliphatic carbocycles. The molecule has 0 N–H and O–H groups in total. The molecule has 3 unspecified atom stereocenters. The topological polar surface area (TPSA) is 49.9 Å². The van der Waals surface area contributed by atoms with Crippen molar-refractivity contribution in [2.75, 3.05) is 25.5 Å². The maximum absolute atomic E-state index is 12.8. The fraction of sp³-hybridized carbons (Fsp3) is 1.00. The average Bonchev–Trinajstić information content (AvgIpc) is 2.77. The molecule has 0 aromatic heterocycles. The number of morpholine rings is 1. The lowest BCUT2D eigenvalue weighted by Gasteiger charge is -2.39. The standard InChI is InChI=1S/C12H21ClN2O3S/c13-7-10-3-1-2-6-15(10)19(16,17)14-8-11-4-5-12(9-14)18-11/h10-12H,1-9H2. The van der Waals surface area contributed by atoms with Crippen LogP contribution in [0.3, 0.4) is 0 Å². The van der Waals surface area contributed by atoms with Crippen molar-refractivity contribution < 1.29 is 13.2 Å². The Hall–Kier alpha value is 0.120. The van der Waals surface area contributed by atoms with Crippen molar-refractivity contribution in [3.8, 4) is 0 Å². The summed E-state index contributed by atoms with van der Waals surface area (Å²) >= 11 is 5.94. The van der Waals surface area contributed by atoms with E-state index in [-0.39, 0.29) is 18.2 Å². The highest BCUT2D eigenvalue weighted by atomic mass is 35.5. The van der Waals surface area contributed by atoms with Crippen molar-refractivity contribution in [1.29, 1.82) is 0 Å². The summed E-state index contributed by atoms with van der Waals surface area (Å²) in [4.78, 5) is 0. The van der Waals surface area contributed by atoms with Crippen molar-refractivity contribution in [1.82, 2.24) is 8.61 Å². The number of fused-ring (bicyclic) bond motifs is 2. The van der Waals surface area contributed by atoms with Crippen LogP contribution in [0.25, 0.3) is 0 Å². The molecule has 3 aliphatic rings. The normalized spacial score (nSPS) is 37.6. The van der Waals surface area contributed by atoms with Crippen LogP contribution in [-0.4, -0.2) is 60.8 Å². The zero-order chi connectivity index (χ0) is 13.5. The van der Waals surface area contributed by atoms with Gasteiger partial charge in [0.25, 0.3) is 10.2 Å². The third-order valence-corrected chi connectivity index (χ3v) is 6.76. The van der Waals surface area contributed by atoms with Crippen LogP contribution in [0, 0.1) is 0 Å². The lowest BCUT2D eigenvalue weighted by Crippen LogP contribution is -2.55. The van der Waals surface area contributed by atoms with E-state index in [1.807, 2.05) is 0 Å². The molecule has 3 fully saturated rings. The van der Waals surface area contributed by atoms with Gasteiger partial charge in [-0.15, -0.1) is 11.6 Å². The Morgan fingerprint density at radius 1 is 1.11 bits per heavy atom. The van der Waals surface area contributed by atoms with Crippen molar-refractivity contribution in [3.05, 3.63) is 0 Å². The zero-order valence-electron chi connectivity index (χ0n) is 11.0. The van der Waals surface area contributed by atoms with Crippen LogP contribution >= 0.6 is 11.6 Å². The first-order valence-corrected chi connectivity index (χ1v) is 9.03. The monoisotopic (exact) mass is 308 g/mol. The smallest absolute Gasteiger partial charge is 0.282 e. The van der Waals surface area contributed by atoms with Gasteiger partial charge in [-0.1, -0.05) is 6.42 Å². The van der Waals surface area contributed by atoms with Crippen molar-refractivity contribution in [3.63, 3.8) is 0 Å². The van der Waals surface area contributed by atoms with Gasteiger partial charge in [-0.3, -0.25) is 0 Å². The Kier molecular flexibility index (Phi) is 4.06. The summed E-state index contributed by atoms with van der Waals surface area (Å²) in [6.45, 7) is 1.61. The van der Waals surface area contributed by atoms with Gasteiger partial charge < -0.3 is 4.74 Å². The second kappa shape index (κ2) is 5.48. The first-order chi connectivity index (χ1) is 9.11. The number of rotatable bonds is 3. The van der Waals surface area contributed by atoms with E-state index in [2.05, 4.69) is 0 Å². The number of nitrogens with zero attached hydrogens (tertiary/aromatic N) is 2. The van der Waals surface area contributed by atoms with Gasteiger partial charge in [-0.25, -0.2) is 0 Å². The fourth-order valence-electron chi connectivity index (χ4n) is 3.35. The van der Waals surface area contributed by atoms with Crippen LogP contribution < -0.4 is 0 Å². The van der Waals surface area contributed by atoms with Gasteiger partial charge in [-0.05, 0) is 25.7 Å². The Morgan fingerprint density at radius 3 is 2.42 bits per heavy atom. The molecule has 110 valence electrons.